The molecule has 3 aliphatic heterocycles. The van der Waals surface area contributed by atoms with Gasteiger partial charge in [-0.3, -0.25) is 43.3 Å². The van der Waals surface area contributed by atoms with Gasteiger partial charge < -0.3 is 64.1 Å². The molecule has 3 saturated heterocycles. The Hall–Kier alpha value is -7.38. The van der Waals surface area contributed by atoms with Crippen LogP contribution < -0.4 is 44.6 Å². The molecule has 5 rings (SSSR count). The van der Waals surface area contributed by atoms with E-state index in [1.807, 2.05) is 30.3 Å². The van der Waals surface area contributed by atoms with Crippen molar-refractivity contribution in [2.75, 3.05) is 39.3 Å². The summed E-state index contributed by atoms with van der Waals surface area (Å²) in [4.78, 5) is 141. The van der Waals surface area contributed by atoms with Gasteiger partial charge in [-0.15, -0.1) is 0 Å². The summed E-state index contributed by atoms with van der Waals surface area (Å²) >= 11 is 0. The molecule has 1 unspecified atom stereocenters. The van der Waals surface area contributed by atoms with Crippen molar-refractivity contribution in [3.63, 3.8) is 0 Å². The van der Waals surface area contributed by atoms with Crippen LogP contribution in [0, 0.1) is 10.1 Å². The van der Waals surface area contributed by atoms with Gasteiger partial charge in [-0.1, -0.05) is 60.7 Å². The number of nitrogens with one attached hydrogen (secondary N) is 3. The zero-order valence-corrected chi connectivity index (χ0v) is 41.5. The smallest absolute Gasteiger partial charge is 0.306 e. The second kappa shape index (κ2) is 28.2. The molecule has 7 amide bonds. The minimum absolute atomic E-state index is 0.00470. The van der Waals surface area contributed by atoms with E-state index in [0.717, 1.165) is 5.56 Å². The van der Waals surface area contributed by atoms with Gasteiger partial charge in [0.05, 0.1) is 31.2 Å². The number of guanidine groups is 1. The number of ketones is 1. The first kappa shape index (κ1) is 57.5. The number of aliphatic imine (C=N–C) groups is 1. The minimum Gasteiger partial charge on any atom is -0.370 e. The highest BCUT2D eigenvalue weighted by Crippen LogP contribution is 2.27. The quantitative estimate of drug-likeness (QED) is 0.0115. The number of Topliss-reactive ketones (excluding diaryl/α,β-unsaturated/α-hetero) is 1. The van der Waals surface area contributed by atoms with Gasteiger partial charge in [0.15, 0.2) is 22.8 Å². The van der Waals surface area contributed by atoms with Crippen LogP contribution >= 0.6 is 0 Å². The number of hydrogen-bond donors (Lipinski definition) is 8. The van der Waals surface area contributed by atoms with Crippen molar-refractivity contribution in [3.8, 4) is 0 Å². The van der Waals surface area contributed by atoms with E-state index in [9.17, 15) is 53.3 Å². The topological polar surface area (TPSA) is 388 Å². The monoisotopic (exact) mass is 1030 g/mol. The maximum absolute atomic E-state index is 14.6. The van der Waals surface area contributed by atoms with Gasteiger partial charge >= 0.3 is 5.91 Å². The predicted molar refractivity (Wildman–Crippen MR) is 269 cm³/mol. The molecule has 0 bridgehead atoms. The summed E-state index contributed by atoms with van der Waals surface area (Å²) in [6, 6.07) is 7.77. The third kappa shape index (κ3) is 15.8. The second-order valence-corrected chi connectivity index (χ2v) is 18.7. The van der Waals surface area contributed by atoms with Gasteiger partial charge in [-0.05, 0) is 93.2 Å². The molecule has 13 N–H and O–H groups in total. The van der Waals surface area contributed by atoms with Crippen molar-refractivity contribution in [2.45, 2.75) is 132 Å². The molecular weight excluding hydrogens is 961 g/mol. The first-order chi connectivity index (χ1) is 35.4. The summed E-state index contributed by atoms with van der Waals surface area (Å²) in [7, 11) is 0. The van der Waals surface area contributed by atoms with Gasteiger partial charge in [0, 0.05) is 32.6 Å². The third-order valence-electron chi connectivity index (χ3n) is 13.5. The van der Waals surface area contributed by atoms with E-state index < -0.39 is 107 Å². The lowest BCUT2D eigenvalue weighted by atomic mass is 9.95. The molecule has 0 radical (unpaired) electrons. The van der Waals surface area contributed by atoms with Crippen molar-refractivity contribution in [2.24, 2.45) is 33.7 Å². The minimum atomic E-state index is -1.79. The highest BCUT2D eigenvalue weighted by molar-refractivity contribution is 5.97. The van der Waals surface area contributed by atoms with Gasteiger partial charge in [-0.2, -0.15) is 0 Å². The van der Waals surface area contributed by atoms with Crippen molar-refractivity contribution in [3.05, 3.63) is 81.9 Å². The number of nitrogens with zero attached hydrogens (tertiary/aromatic N) is 6. The van der Waals surface area contributed by atoms with Gasteiger partial charge in [-0.25, -0.2) is 10.1 Å². The van der Waals surface area contributed by atoms with Gasteiger partial charge in [0.2, 0.25) is 35.4 Å². The SMILES string of the molecule is NC(N)=NCCC[C@@H](C(=O)C(N)CCC[C@H](N)C(=O)N1CCC[C@H]1C(=O)N1CCC[C@H]1C(=O)NCC=O)N(C(=O)[C@H](Cc1ccccc1)NC(=O)[C@@H]1CCCN1C(=O)CNC(=O)[C@@H](N)Cc1ccccc1)[N+](=O)[O-]. The number of amides is 7. The van der Waals surface area contributed by atoms with E-state index in [1.54, 1.807) is 30.3 Å². The number of benzene rings is 2. The van der Waals surface area contributed by atoms with Crippen LogP contribution in [0.1, 0.15) is 81.8 Å². The number of rotatable bonds is 27. The number of aldehydes is 1. The predicted octanol–water partition coefficient (Wildman–Crippen LogP) is -2.48. The summed E-state index contributed by atoms with van der Waals surface area (Å²) in [5, 5.41) is 19.8. The fraction of sp³-hybridized carbons (Fsp3) is 0.551. The summed E-state index contributed by atoms with van der Waals surface area (Å²) in [6.07, 6.45) is 2.57. The van der Waals surface area contributed by atoms with Crippen molar-refractivity contribution < 1.29 is 48.2 Å². The Morgan fingerprint density at radius 2 is 1.28 bits per heavy atom. The molecule has 2 aromatic rings. The molecule has 0 aromatic heterocycles. The van der Waals surface area contributed by atoms with Crippen LogP contribution in [-0.2, 0) is 56.0 Å². The number of nitro groups is 1. The highest BCUT2D eigenvalue weighted by atomic mass is 16.7. The molecule has 0 spiro atoms. The van der Waals surface area contributed by atoms with Crippen LogP contribution in [0.15, 0.2) is 65.7 Å². The number of carbonyl (C=O) groups is 9. The molecule has 402 valence electrons. The van der Waals surface area contributed by atoms with Crippen LogP contribution in [-0.4, -0.2) is 172 Å². The van der Waals surface area contributed by atoms with Crippen LogP contribution in [0.4, 0.5) is 0 Å². The van der Waals surface area contributed by atoms with E-state index in [-0.39, 0.29) is 88.5 Å². The molecule has 3 aliphatic rings. The van der Waals surface area contributed by atoms with Crippen LogP contribution in [0.25, 0.3) is 0 Å². The van der Waals surface area contributed by atoms with E-state index in [0.29, 0.717) is 50.5 Å². The zero-order valence-electron chi connectivity index (χ0n) is 41.5. The number of hydrazine groups is 1. The van der Waals surface area contributed by atoms with Crippen molar-refractivity contribution in [1.29, 1.82) is 0 Å². The molecule has 25 nitrogen and oxygen atoms in total. The maximum atomic E-state index is 14.6. The summed E-state index contributed by atoms with van der Waals surface area (Å²) in [5.74, 6) is -5.75. The highest BCUT2D eigenvalue weighted by Gasteiger charge is 2.46. The Balaban J connectivity index is 1.26. The van der Waals surface area contributed by atoms with Crippen molar-refractivity contribution in [1.82, 2.24) is 35.7 Å². The second-order valence-electron chi connectivity index (χ2n) is 18.7. The average molecular weight is 1030 g/mol. The Kier molecular flexibility index (Phi) is 21.9. The molecule has 25 heteroatoms. The van der Waals surface area contributed by atoms with E-state index in [1.165, 1.54) is 14.7 Å². The molecule has 0 aliphatic carbocycles. The molecule has 0 saturated carbocycles. The Bertz CT molecular complexity index is 2340. The Morgan fingerprint density at radius 3 is 1.89 bits per heavy atom. The normalized spacial score (nSPS) is 19.3. The van der Waals surface area contributed by atoms with Gasteiger partial charge in [0.25, 0.3) is 0 Å². The average Bonchev–Trinajstić information content (AvgIpc) is 4.20. The first-order valence-electron chi connectivity index (χ1n) is 25.0. The first-order valence-corrected chi connectivity index (χ1v) is 25.0. The van der Waals surface area contributed by atoms with E-state index in [2.05, 4.69) is 20.9 Å². The van der Waals surface area contributed by atoms with E-state index in [4.69, 9.17) is 28.7 Å². The van der Waals surface area contributed by atoms with Crippen LogP contribution in [0.5, 0.6) is 0 Å². The molecule has 74 heavy (non-hydrogen) atoms. The Labute approximate surface area is 428 Å². The molecule has 3 heterocycles. The standard InChI is InChI=1S/C49H70N14O11/c50-33(16-7-17-34(51)46(70)61-26-11-21-40(61)48(72)60-25-10-19-38(60)44(68)55-23-27-64)42(66)37(18-8-22-56-49(53)54)62(63(73)74)47(71)36(29-32-14-5-2-6-15-32)58-45(69)39-20-9-24-59(39)41(65)30-57-43(67)35(52)28-31-12-3-1-4-13-31/h1-6,12-15,27,33-40H,7-11,16-26,28-30,50-52H2,(H,55,68)(H,57,67)(H,58,69)(H4,53,54,56)/t33?,34-,35-,36-,37-,38-,39-,40-/m0/s1. The fourth-order valence-corrected chi connectivity index (χ4v) is 9.72. The molecule has 3 fully saturated rings. The molecule has 2 aromatic carbocycles. The number of likely N-dealkylation sites (tertiary alicyclic amines) is 3. The number of hydrogen-bond acceptors (Lipinski definition) is 15. The molecule has 8 atom stereocenters. The lowest BCUT2D eigenvalue weighted by Crippen LogP contribution is -2.60. The third-order valence-corrected chi connectivity index (χ3v) is 13.5. The summed E-state index contributed by atoms with van der Waals surface area (Å²) in [6.45, 7) is -0.0280. The maximum Gasteiger partial charge on any atom is 0.306 e. The van der Waals surface area contributed by atoms with E-state index >= 15 is 0 Å². The van der Waals surface area contributed by atoms with Crippen LogP contribution in [0.3, 0.4) is 0 Å². The lowest BCUT2D eigenvalue weighted by molar-refractivity contribution is -0.640. The summed E-state index contributed by atoms with van der Waals surface area (Å²) < 4.78 is 0. The van der Waals surface area contributed by atoms with Crippen LogP contribution in [0.2, 0.25) is 0 Å². The van der Waals surface area contributed by atoms with Gasteiger partial charge in [0.1, 0.15) is 30.5 Å². The largest absolute Gasteiger partial charge is 0.370 e. The van der Waals surface area contributed by atoms with Crippen molar-refractivity contribution >= 4 is 59.4 Å². The molecular formula is C49H70N14O11. The lowest BCUT2D eigenvalue weighted by Gasteiger charge is -2.32. The fourth-order valence-electron chi connectivity index (χ4n) is 9.72. The number of nitrogens with two attached hydrogens (primary N) is 5. The summed E-state index contributed by atoms with van der Waals surface area (Å²) in [5.41, 5.74) is 31.2. The number of carbonyl (C=O) groups excluding carboxylic acids is 9. The Morgan fingerprint density at radius 1 is 0.716 bits per heavy atom. The zero-order chi connectivity index (χ0) is 53.9.